The van der Waals surface area contributed by atoms with Gasteiger partial charge in [0, 0.05) is 27.9 Å². The van der Waals surface area contributed by atoms with E-state index in [4.69, 9.17) is 9.56 Å². The molecule has 2 aromatic heterocycles. The molecule has 3 aromatic carbocycles. The highest BCUT2D eigenvalue weighted by Crippen LogP contribution is 2.32. The first-order valence-electron chi connectivity index (χ1n) is 8.14. The summed E-state index contributed by atoms with van der Waals surface area (Å²) in [5, 5.41) is 8.98. The summed E-state index contributed by atoms with van der Waals surface area (Å²) in [6, 6.07) is 20.8. The molecule has 5 aromatic rings. The van der Waals surface area contributed by atoms with Gasteiger partial charge in [0.15, 0.2) is 0 Å². The summed E-state index contributed by atoms with van der Waals surface area (Å²) in [5.41, 5.74) is 2.94. The van der Waals surface area contributed by atoms with Crippen LogP contribution in [0.3, 0.4) is 0 Å². The summed E-state index contributed by atoms with van der Waals surface area (Å²) >= 11 is 0. The second kappa shape index (κ2) is 5.45. The van der Waals surface area contributed by atoms with Crippen LogP contribution in [0.4, 0.5) is 5.69 Å². The minimum atomic E-state index is -3.11. The molecule has 2 heterocycles. The van der Waals surface area contributed by atoms with Crippen LogP contribution in [-0.2, 0) is 9.92 Å². The van der Waals surface area contributed by atoms with E-state index >= 15 is 0 Å². The van der Waals surface area contributed by atoms with Crippen molar-refractivity contribution in [2.75, 3.05) is 0 Å². The second-order valence-corrected chi connectivity index (χ2v) is 7.93. The lowest BCUT2D eigenvalue weighted by atomic mass is 10.2. The van der Waals surface area contributed by atoms with Gasteiger partial charge >= 0.3 is 0 Å². The van der Waals surface area contributed by atoms with Crippen molar-refractivity contribution in [1.29, 1.82) is 0 Å². The van der Waals surface area contributed by atoms with Crippen molar-refractivity contribution in [1.82, 2.24) is 4.98 Å². The zero-order chi connectivity index (χ0) is 17.7. The Morgan fingerprint density at radius 2 is 1.62 bits per heavy atom. The molecule has 6 heteroatoms. The number of aromatic amines is 1. The summed E-state index contributed by atoms with van der Waals surface area (Å²) in [5.74, 6) is 0. The number of rotatable bonds is 2. The van der Waals surface area contributed by atoms with E-state index < -0.39 is 9.92 Å². The van der Waals surface area contributed by atoms with Gasteiger partial charge < -0.3 is 9.40 Å². The molecular weight excluding hydrogens is 346 g/mol. The smallest absolute Gasteiger partial charge is 0.139 e. The molecule has 1 atom stereocenters. The maximum Gasteiger partial charge on any atom is 0.139 e. The monoisotopic (exact) mass is 361 g/mol. The van der Waals surface area contributed by atoms with Gasteiger partial charge in [-0.3, -0.25) is 0 Å². The van der Waals surface area contributed by atoms with Crippen LogP contribution >= 0.6 is 0 Å². The fraction of sp³-hybridized carbons (Fsp3) is 0. The van der Waals surface area contributed by atoms with Crippen LogP contribution in [0, 0.1) is 0 Å². The Morgan fingerprint density at radius 3 is 2.50 bits per heavy atom. The molecule has 0 radical (unpaired) electrons. The van der Waals surface area contributed by atoms with Gasteiger partial charge in [0.1, 0.15) is 21.1 Å². The van der Waals surface area contributed by atoms with Crippen LogP contribution in [0.25, 0.3) is 32.8 Å². The summed E-state index contributed by atoms with van der Waals surface area (Å²) in [7, 11) is -3.11. The molecule has 1 unspecified atom stereocenters. The van der Waals surface area contributed by atoms with E-state index in [9.17, 15) is 4.21 Å². The van der Waals surface area contributed by atoms with Crippen LogP contribution in [-0.4, -0.2) is 9.19 Å². The first kappa shape index (κ1) is 15.2. The van der Waals surface area contributed by atoms with E-state index in [2.05, 4.69) is 9.35 Å². The fourth-order valence-corrected chi connectivity index (χ4v) is 4.31. The first-order chi connectivity index (χ1) is 12.6. The van der Waals surface area contributed by atoms with E-state index in [0.717, 1.165) is 27.3 Å². The Balaban J connectivity index is 1.70. The third-order valence-electron chi connectivity index (χ3n) is 4.49. The van der Waals surface area contributed by atoms with Crippen molar-refractivity contribution in [2.24, 2.45) is 9.50 Å². The van der Waals surface area contributed by atoms with Crippen LogP contribution in [0.5, 0.6) is 0 Å². The number of hydrogen-bond acceptors (Lipinski definition) is 3. The number of H-pyrrole nitrogens is 1. The number of nitrogens with one attached hydrogen (secondary N) is 1. The standard InChI is InChI=1S/C20H15N3O2S/c21-26(24,23-18-12-22-17-7-3-1-6-16(17)18)13-9-10-15-14-5-2-4-8-19(14)25-20(15)11-13/h1-12,22H,(H2,21,23,24). The zero-order valence-corrected chi connectivity index (χ0v) is 14.5. The van der Waals surface area contributed by atoms with Crippen molar-refractivity contribution in [2.45, 2.75) is 4.90 Å². The quantitative estimate of drug-likeness (QED) is 0.458. The van der Waals surface area contributed by atoms with E-state index in [0.29, 0.717) is 16.2 Å². The molecule has 0 spiro atoms. The van der Waals surface area contributed by atoms with Gasteiger partial charge in [0.25, 0.3) is 0 Å². The van der Waals surface area contributed by atoms with Crippen LogP contribution < -0.4 is 5.14 Å². The Bertz CT molecular complexity index is 1400. The second-order valence-electron chi connectivity index (χ2n) is 6.14. The van der Waals surface area contributed by atoms with Gasteiger partial charge in [-0.25, -0.2) is 9.35 Å². The zero-order valence-electron chi connectivity index (χ0n) is 13.7. The maximum atomic E-state index is 13.1. The topological polar surface area (TPSA) is 84.4 Å². The van der Waals surface area contributed by atoms with Crippen LogP contribution in [0.1, 0.15) is 0 Å². The van der Waals surface area contributed by atoms with Crippen molar-refractivity contribution in [3.63, 3.8) is 0 Å². The average molecular weight is 361 g/mol. The average Bonchev–Trinajstić information content (AvgIpc) is 3.22. The minimum absolute atomic E-state index is 0.439. The Hall–Kier alpha value is -3.09. The molecule has 0 aliphatic heterocycles. The molecule has 0 aliphatic rings. The fourth-order valence-electron chi connectivity index (χ4n) is 3.22. The third kappa shape index (κ3) is 2.31. The van der Waals surface area contributed by atoms with Crippen molar-refractivity contribution in [3.05, 3.63) is 72.9 Å². The van der Waals surface area contributed by atoms with E-state index in [1.807, 2.05) is 54.6 Å². The van der Waals surface area contributed by atoms with Crippen molar-refractivity contribution < 1.29 is 8.63 Å². The Morgan fingerprint density at radius 1 is 0.885 bits per heavy atom. The highest BCUT2D eigenvalue weighted by atomic mass is 32.2. The normalized spacial score (nSPS) is 14.0. The van der Waals surface area contributed by atoms with Gasteiger partial charge in [-0.05, 0) is 30.3 Å². The number of para-hydroxylation sites is 2. The van der Waals surface area contributed by atoms with E-state index in [-0.39, 0.29) is 0 Å². The summed E-state index contributed by atoms with van der Waals surface area (Å²) in [4.78, 5) is 3.56. The van der Waals surface area contributed by atoms with Gasteiger partial charge in [0.05, 0.1) is 10.6 Å². The Kier molecular flexibility index (Phi) is 3.19. The minimum Gasteiger partial charge on any atom is -0.456 e. The molecule has 5 nitrogen and oxygen atoms in total. The van der Waals surface area contributed by atoms with Crippen LogP contribution in [0.15, 0.2) is 86.6 Å². The first-order valence-corrected chi connectivity index (χ1v) is 9.72. The Labute approximate surface area is 149 Å². The largest absolute Gasteiger partial charge is 0.456 e. The molecule has 26 heavy (non-hydrogen) atoms. The summed E-state index contributed by atoms with van der Waals surface area (Å²) < 4.78 is 23.3. The number of furan rings is 1. The molecular formula is C20H15N3O2S. The molecule has 3 N–H and O–H groups in total. The lowest BCUT2D eigenvalue weighted by Gasteiger charge is -2.04. The van der Waals surface area contributed by atoms with Gasteiger partial charge in [0.2, 0.25) is 0 Å². The summed E-state index contributed by atoms with van der Waals surface area (Å²) in [6.45, 7) is 0. The molecule has 0 saturated carbocycles. The number of fused-ring (bicyclic) bond motifs is 4. The van der Waals surface area contributed by atoms with Gasteiger partial charge in [-0.2, -0.15) is 4.36 Å². The van der Waals surface area contributed by atoms with Crippen molar-refractivity contribution >= 4 is 48.4 Å². The van der Waals surface area contributed by atoms with E-state index in [1.54, 1.807) is 18.3 Å². The van der Waals surface area contributed by atoms with Crippen LogP contribution in [0.2, 0.25) is 0 Å². The molecule has 5 rings (SSSR count). The molecule has 128 valence electrons. The lowest BCUT2D eigenvalue weighted by Crippen LogP contribution is -2.11. The molecule has 0 saturated heterocycles. The number of nitrogens with zero attached hydrogens (tertiary/aromatic N) is 1. The number of benzene rings is 3. The molecule has 0 bridgehead atoms. The lowest BCUT2D eigenvalue weighted by molar-refractivity contribution is 0.665. The van der Waals surface area contributed by atoms with E-state index in [1.165, 1.54) is 0 Å². The van der Waals surface area contributed by atoms with Crippen molar-refractivity contribution in [3.8, 4) is 0 Å². The predicted octanol–water partition coefficient (Wildman–Crippen LogP) is 5.10. The number of aromatic nitrogens is 1. The number of nitrogens with two attached hydrogens (primary N) is 1. The third-order valence-corrected chi connectivity index (χ3v) is 5.89. The number of hydrogen-bond donors (Lipinski definition) is 2. The predicted molar refractivity (Wildman–Crippen MR) is 105 cm³/mol. The van der Waals surface area contributed by atoms with Gasteiger partial charge in [-0.1, -0.05) is 36.4 Å². The molecule has 0 amide bonds. The van der Waals surface area contributed by atoms with Gasteiger partial charge in [-0.15, -0.1) is 0 Å². The highest BCUT2D eigenvalue weighted by molar-refractivity contribution is 7.91. The molecule has 0 fully saturated rings. The molecule has 0 aliphatic carbocycles. The maximum absolute atomic E-state index is 13.1. The SMILES string of the molecule is NS(=O)(=Nc1c[nH]c2ccccc12)c1ccc2c(c1)oc1ccccc12. The highest BCUT2D eigenvalue weighted by Gasteiger charge is 2.13. The summed E-state index contributed by atoms with van der Waals surface area (Å²) in [6.07, 6.45) is 1.72.